The van der Waals surface area contributed by atoms with Crippen LogP contribution in [-0.4, -0.2) is 60.2 Å². The number of unbranched alkanes of at least 4 members (excludes halogenated alkanes) is 6. The van der Waals surface area contributed by atoms with Gasteiger partial charge in [0.2, 0.25) is 0 Å². The average molecular weight is 606 g/mol. The van der Waals surface area contributed by atoms with E-state index in [4.69, 9.17) is 9.47 Å². The normalized spacial score (nSPS) is 15.0. The van der Waals surface area contributed by atoms with E-state index in [-0.39, 0.29) is 12.3 Å². The number of aliphatic hydroxyl groups is 1. The highest BCUT2D eigenvalue weighted by Crippen LogP contribution is 2.31. The number of aliphatic hydroxyl groups excluding tert-OH is 1. The van der Waals surface area contributed by atoms with Crippen molar-refractivity contribution in [2.75, 3.05) is 44.2 Å². The Balaban J connectivity index is 1.04. The zero-order valence-corrected chi connectivity index (χ0v) is 26.4. The first-order valence-electron chi connectivity index (χ1n) is 16.1. The van der Waals surface area contributed by atoms with Gasteiger partial charge < -0.3 is 19.5 Å². The molecular formula is C35H47N3O4S. The molecule has 1 N–H and O–H groups in total. The van der Waals surface area contributed by atoms with Crippen molar-refractivity contribution < 1.29 is 14.6 Å². The summed E-state index contributed by atoms with van der Waals surface area (Å²) < 4.78 is 14.7. The number of rotatable bonds is 17. The molecule has 4 aromatic rings. The molecule has 1 fully saturated rings. The molecule has 1 aliphatic heterocycles. The van der Waals surface area contributed by atoms with E-state index in [1.807, 2.05) is 35.6 Å². The fourth-order valence-electron chi connectivity index (χ4n) is 5.93. The zero-order chi connectivity index (χ0) is 29.9. The van der Waals surface area contributed by atoms with Crippen LogP contribution >= 0.6 is 11.3 Å². The van der Waals surface area contributed by atoms with Crippen molar-refractivity contribution in [1.29, 1.82) is 0 Å². The maximum Gasteiger partial charge on any atom is 0.252 e. The number of nitrogens with zero attached hydrogens (tertiary/aromatic N) is 3. The molecular weight excluding hydrogens is 558 g/mol. The molecule has 0 aliphatic carbocycles. The van der Waals surface area contributed by atoms with E-state index < -0.39 is 6.29 Å². The molecule has 7 nitrogen and oxygen atoms in total. The van der Waals surface area contributed by atoms with Crippen LogP contribution < -0.4 is 15.2 Å². The molecule has 5 rings (SSSR count). The summed E-state index contributed by atoms with van der Waals surface area (Å²) in [6, 6.07) is 18.1. The van der Waals surface area contributed by atoms with Gasteiger partial charge in [-0.05, 0) is 79.4 Å². The Kier molecular flexibility index (Phi) is 11.9. The molecule has 2 aromatic carbocycles. The Morgan fingerprint density at radius 3 is 2.58 bits per heavy atom. The summed E-state index contributed by atoms with van der Waals surface area (Å²) in [4.78, 5) is 17.7. The standard InChI is InChI=1S/C35H47N3O4S/c1-2-3-4-5-6-7-13-35(40)42-27-38-32-26-29(16-14-28(32)15-17-34(38)39)41-24-9-8-19-36-20-22-37(23-21-36)31-11-10-12-33-30(31)18-25-43-33/h10-12,14-18,25-26,35,40H,2-9,13,19-24,27H2,1H3. The predicted molar refractivity (Wildman–Crippen MR) is 178 cm³/mol. The van der Waals surface area contributed by atoms with Crippen molar-refractivity contribution in [3.8, 4) is 5.75 Å². The summed E-state index contributed by atoms with van der Waals surface area (Å²) in [6.45, 7) is 8.23. The van der Waals surface area contributed by atoms with Crippen molar-refractivity contribution >= 4 is 38.0 Å². The number of fused-ring (bicyclic) bond motifs is 2. The lowest BCUT2D eigenvalue weighted by atomic mass is 10.1. The number of piperazine rings is 1. The highest BCUT2D eigenvalue weighted by molar-refractivity contribution is 7.17. The second-order valence-corrected chi connectivity index (χ2v) is 12.6. The Hall–Kier alpha value is -2.91. The molecule has 0 radical (unpaired) electrons. The van der Waals surface area contributed by atoms with Gasteiger partial charge in [-0.3, -0.25) is 14.3 Å². The largest absolute Gasteiger partial charge is 0.494 e. The van der Waals surface area contributed by atoms with Gasteiger partial charge in [0.1, 0.15) is 12.5 Å². The van der Waals surface area contributed by atoms with Crippen LogP contribution in [0.3, 0.4) is 0 Å². The van der Waals surface area contributed by atoms with Gasteiger partial charge in [0.05, 0.1) is 12.1 Å². The molecule has 1 atom stereocenters. The van der Waals surface area contributed by atoms with Crippen molar-refractivity contribution in [2.45, 2.75) is 77.7 Å². The topological polar surface area (TPSA) is 67.2 Å². The summed E-state index contributed by atoms with van der Waals surface area (Å²) >= 11 is 1.81. The Morgan fingerprint density at radius 1 is 0.907 bits per heavy atom. The summed E-state index contributed by atoms with van der Waals surface area (Å²) in [5.41, 5.74) is 1.97. The van der Waals surface area contributed by atoms with Crippen LogP contribution in [-0.2, 0) is 11.5 Å². The molecule has 43 heavy (non-hydrogen) atoms. The van der Waals surface area contributed by atoms with E-state index in [0.717, 1.165) is 75.1 Å². The van der Waals surface area contributed by atoms with Crippen LogP contribution in [0.1, 0.15) is 64.7 Å². The van der Waals surface area contributed by atoms with Gasteiger partial charge in [-0.2, -0.15) is 0 Å². The SMILES string of the molecule is CCCCCCCCC(O)OCn1c(=O)ccc2ccc(OCCCCN3CCN(c4cccc5sccc45)CC3)cc21. The molecule has 232 valence electrons. The van der Waals surface area contributed by atoms with Crippen molar-refractivity contribution in [3.05, 3.63) is 70.3 Å². The third-order valence-corrected chi connectivity index (χ3v) is 9.37. The second kappa shape index (κ2) is 16.2. The summed E-state index contributed by atoms with van der Waals surface area (Å²) in [5.74, 6) is 0.746. The van der Waals surface area contributed by atoms with Crippen LogP contribution in [0.4, 0.5) is 5.69 Å². The average Bonchev–Trinajstić information content (AvgIpc) is 3.52. The monoisotopic (exact) mass is 605 g/mol. The molecule has 1 saturated heterocycles. The van der Waals surface area contributed by atoms with Crippen LogP contribution in [0.2, 0.25) is 0 Å². The van der Waals surface area contributed by atoms with E-state index in [9.17, 15) is 9.90 Å². The number of thiophene rings is 1. The summed E-state index contributed by atoms with van der Waals surface area (Å²) in [6.07, 6.45) is 8.73. The van der Waals surface area contributed by atoms with Crippen LogP contribution in [0, 0.1) is 0 Å². The number of benzene rings is 2. The molecule has 3 heterocycles. The fraction of sp³-hybridized carbons (Fsp3) is 0.514. The zero-order valence-electron chi connectivity index (χ0n) is 25.6. The number of hydrogen-bond donors (Lipinski definition) is 1. The van der Waals surface area contributed by atoms with Gasteiger partial charge in [0, 0.05) is 54.1 Å². The minimum atomic E-state index is -0.869. The summed E-state index contributed by atoms with van der Waals surface area (Å²) in [5, 5.41) is 14.8. The Bertz CT molecular complexity index is 1480. The van der Waals surface area contributed by atoms with Gasteiger partial charge in [-0.15, -0.1) is 11.3 Å². The van der Waals surface area contributed by atoms with E-state index in [1.54, 1.807) is 10.6 Å². The second-order valence-electron chi connectivity index (χ2n) is 11.6. The Labute approximate surface area is 259 Å². The van der Waals surface area contributed by atoms with Crippen molar-refractivity contribution in [3.63, 3.8) is 0 Å². The highest BCUT2D eigenvalue weighted by Gasteiger charge is 2.18. The summed E-state index contributed by atoms with van der Waals surface area (Å²) in [7, 11) is 0. The van der Waals surface area contributed by atoms with Gasteiger partial charge in [0.25, 0.3) is 5.56 Å². The minimum Gasteiger partial charge on any atom is -0.494 e. The molecule has 8 heteroatoms. The lowest BCUT2D eigenvalue weighted by Crippen LogP contribution is -2.46. The smallest absolute Gasteiger partial charge is 0.252 e. The molecule has 1 unspecified atom stereocenters. The first-order chi connectivity index (χ1) is 21.1. The van der Waals surface area contributed by atoms with E-state index in [1.165, 1.54) is 41.5 Å². The highest BCUT2D eigenvalue weighted by atomic mass is 32.1. The third-order valence-electron chi connectivity index (χ3n) is 8.49. The number of pyridine rings is 1. The maximum atomic E-state index is 12.7. The van der Waals surface area contributed by atoms with E-state index in [2.05, 4.69) is 46.4 Å². The lowest BCUT2D eigenvalue weighted by Gasteiger charge is -2.36. The third kappa shape index (κ3) is 8.82. The van der Waals surface area contributed by atoms with Gasteiger partial charge >= 0.3 is 0 Å². The van der Waals surface area contributed by atoms with Crippen molar-refractivity contribution in [2.24, 2.45) is 0 Å². The number of hydrogen-bond acceptors (Lipinski definition) is 7. The number of ether oxygens (including phenoxy) is 2. The number of anilines is 1. The van der Waals surface area contributed by atoms with Gasteiger partial charge in [0.15, 0.2) is 6.29 Å². The molecule has 0 saturated carbocycles. The lowest BCUT2D eigenvalue weighted by molar-refractivity contribution is -0.129. The predicted octanol–water partition coefficient (Wildman–Crippen LogP) is 7.24. The van der Waals surface area contributed by atoms with E-state index >= 15 is 0 Å². The van der Waals surface area contributed by atoms with Crippen molar-refractivity contribution in [1.82, 2.24) is 9.47 Å². The van der Waals surface area contributed by atoms with Crippen LogP contribution in [0.15, 0.2) is 64.8 Å². The van der Waals surface area contributed by atoms with E-state index in [0.29, 0.717) is 13.0 Å². The quantitative estimate of drug-likeness (QED) is 0.101. The molecule has 1 aliphatic rings. The first kappa shape index (κ1) is 31.5. The minimum absolute atomic E-state index is 0.0201. The maximum absolute atomic E-state index is 12.7. The Morgan fingerprint density at radius 2 is 1.72 bits per heavy atom. The molecule has 0 amide bonds. The van der Waals surface area contributed by atoms with Crippen LogP contribution in [0.5, 0.6) is 5.75 Å². The molecule has 0 spiro atoms. The van der Waals surface area contributed by atoms with Gasteiger partial charge in [-0.1, -0.05) is 45.1 Å². The molecule has 2 aromatic heterocycles. The van der Waals surface area contributed by atoms with Gasteiger partial charge in [-0.25, -0.2) is 0 Å². The van der Waals surface area contributed by atoms with Crippen LogP contribution in [0.25, 0.3) is 21.0 Å². The molecule has 0 bridgehead atoms. The first-order valence-corrected chi connectivity index (χ1v) is 17.0. The number of aromatic nitrogens is 1. The fourth-order valence-corrected chi connectivity index (χ4v) is 6.74.